The quantitative estimate of drug-likeness (QED) is 0.222. The van der Waals surface area contributed by atoms with E-state index >= 15 is 0 Å². The highest BCUT2D eigenvalue weighted by Crippen LogP contribution is 2.46. The summed E-state index contributed by atoms with van der Waals surface area (Å²) in [6.07, 6.45) is 6.05. The van der Waals surface area contributed by atoms with Crippen LogP contribution in [0.1, 0.15) is 47.1 Å². The first-order valence-corrected chi connectivity index (χ1v) is 12.0. The van der Waals surface area contributed by atoms with Gasteiger partial charge in [0.05, 0.1) is 18.0 Å². The Hall–Kier alpha value is -4.19. The number of nitrogens with one attached hydrogen (secondary N) is 1. The zero-order valence-electron chi connectivity index (χ0n) is 20.2. The van der Waals surface area contributed by atoms with E-state index in [9.17, 15) is 9.18 Å². The number of aromatic nitrogens is 2. The second kappa shape index (κ2) is 9.82. The number of allylic oxidation sites excluding steroid dienone is 1. The Morgan fingerprint density at radius 3 is 2.47 bits per heavy atom. The lowest BCUT2D eigenvalue weighted by Crippen LogP contribution is -2.16. The Bertz CT molecular complexity index is 1490. The van der Waals surface area contributed by atoms with Gasteiger partial charge in [-0.25, -0.2) is 4.79 Å². The number of aromatic amines is 1. The number of aryl methyl sites for hydroxylation is 1. The third kappa shape index (κ3) is 4.54. The molecule has 5 nitrogen and oxygen atoms in total. The van der Waals surface area contributed by atoms with E-state index in [2.05, 4.69) is 23.2 Å². The lowest BCUT2D eigenvalue weighted by atomic mass is 9.72. The molecule has 182 valence electrons. The van der Waals surface area contributed by atoms with Crippen LogP contribution in [0, 0.1) is 18.8 Å². The van der Waals surface area contributed by atoms with Gasteiger partial charge in [-0.1, -0.05) is 42.8 Å². The van der Waals surface area contributed by atoms with Crippen LogP contribution in [-0.2, 0) is 4.79 Å². The first kappa shape index (κ1) is 23.5. The minimum Gasteiger partial charge on any atom is -0.497 e. The summed E-state index contributed by atoms with van der Waals surface area (Å²) >= 11 is 0. The average molecular weight is 483 g/mol. The van der Waals surface area contributed by atoms with E-state index in [1.165, 1.54) is 12.0 Å². The van der Waals surface area contributed by atoms with E-state index < -0.39 is 11.9 Å². The van der Waals surface area contributed by atoms with Crippen molar-refractivity contribution >= 4 is 34.1 Å². The number of benzene rings is 3. The molecule has 6 heteroatoms. The van der Waals surface area contributed by atoms with Crippen LogP contribution in [0.2, 0.25) is 0 Å². The molecule has 0 aliphatic heterocycles. The van der Waals surface area contributed by atoms with Crippen molar-refractivity contribution in [2.45, 2.75) is 26.2 Å². The van der Waals surface area contributed by atoms with Crippen molar-refractivity contribution in [3.05, 3.63) is 101 Å². The van der Waals surface area contributed by atoms with Crippen molar-refractivity contribution in [2.75, 3.05) is 7.11 Å². The molecular formula is C30H27FN2O3. The van der Waals surface area contributed by atoms with Gasteiger partial charge in [-0.2, -0.15) is 9.49 Å². The molecule has 0 bridgehead atoms. The Morgan fingerprint density at radius 2 is 1.83 bits per heavy atom. The molecule has 0 saturated heterocycles. The molecular weight excluding hydrogens is 455 g/mol. The van der Waals surface area contributed by atoms with Gasteiger partial charge in [-0.05, 0) is 95.0 Å². The number of nitrogens with zero attached hydrogens (tertiary/aromatic N) is 1. The van der Waals surface area contributed by atoms with E-state index in [-0.39, 0.29) is 0 Å². The molecule has 0 radical (unpaired) electrons. The maximum absolute atomic E-state index is 14.5. The highest BCUT2D eigenvalue weighted by atomic mass is 19.1. The van der Waals surface area contributed by atoms with Crippen LogP contribution >= 0.6 is 0 Å². The van der Waals surface area contributed by atoms with Crippen LogP contribution in [0.3, 0.4) is 0 Å². The van der Waals surface area contributed by atoms with E-state index in [0.29, 0.717) is 16.8 Å². The first-order valence-electron chi connectivity index (χ1n) is 12.0. The van der Waals surface area contributed by atoms with Crippen molar-refractivity contribution in [1.29, 1.82) is 0 Å². The number of carboxylic acids is 1. The monoisotopic (exact) mass is 482 g/mol. The fourth-order valence-corrected chi connectivity index (χ4v) is 4.86. The number of hydrogen-bond acceptors (Lipinski definition) is 3. The lowest BCUT2D eigenvalue weighted by molar-refractivity contribution is -0.131. The highest BCUT2D eigenvalue weighted by Gasteiger charge is 2.28. The van der Waals surface area contributed by atoms with Crippen LogP contribution in [0.25, 0.3) is 28.1 Å². The number of rotatable bonds is 7. The molecule has 1 heterocycles. The van der Waals surface area contributed by atoms with E-state index in [1.54, 1.807) is 13.2 Å². The van der Waals surface area contributed by atoms with Gasteiger partial charge in [-0.15, -0.1) is 0 Å². The topological polar surface area (TPSA) is 75.2 Å². The first-order chi connectivity index (χ1) is 17.4. The number of H-pyrrole nitrogens is 1. The van der Waals surface area contributed by atoms with Crippen molar-refractivity contribution in [3.8, 4) is 5.75 Å². The molecule has 0 spiro atoms. The van der Waals surface area contributed by atoms with Crippen molar-refractivity contribution in [1.82, 2.24) is 10.2 Å². The summed E-state index contributed by atoms with van der Waals surface area (Å²) < 4.78 is 19.9. The van der Waals surface area contributed by atoms with Crippen molar-refractivity contribution < 1.29 is 19.0 Å². The summed E-state index contributed by atoms with van der Waals surface area (Å²) in [5, 5.41) is 15.9. The Balaban J connectivity index is 1.76. The molecule has 4 aromatic rings. The van der Waals surface area contributed by atoms with Crippen molar-refractivity contribution in [3.63, 3.8) is 0 Å². The van der Waals surface area contributed by atoms with Gasteiger partial charge in [0, 0.05) is 6.08 Å². The largest absolute Gasteiger partial charge is 0.497 e. The normalized spacial score (nSPS) is 14.6. The molecule has 5 rings (SSSR count). The number of ether oxygens (including phenoxy) is 1. The molecule has 0 atom stereocenters. The van der Waals surface area contributed by atoms with E-state index in [1.807, 2.05) is 54.6 Å². The van der Waals surface area contributed by atoms with Gasteiger partial charge < -0.3 is 9.84 Å². The maximum atomic E-state index is 14.5. The molecule has 0 unspecified atom stereocenters. The SMILES string of the molecule is COc1ccc(C(=C(c2ccc(C=CC(=O)O)cc2)c2ccc3n[nH]c(F)c3c2)C2CCC2)c(C)c1. The van der Waals surface area contributed by atoms with Gasteiger partial charge in [-0.3, -0.25) is 5.10 Å². The molecule has 1 aromatic heterocycles. The second-order valence-electron chi connectivity index (χ2n) is 9.16. The molecule has 2 N–H and O–H groups in total. The molecule has 1 aliphatic carbocycles. The highest BCUT2D eigenvalue weighted by molar-refractivity contribution is 6.02. The summed E-state index contributed by atoms with van der Waals surface area (Å²) in [5.41, 5.74) is 7.82. The van der Waals surface area contributed by atoms with Gasteiger partial charge in [0.1, 0.15) is 5.75 Å². The smallest absolute Gasteiger partial charge is 0.328 e. The molecule has 3 aromatic carbocycles. The van der Waals surface area contributed by atoms with Crippen LogP contribution in [0.15, 0.2) is 66.7 Å². The minimum absolute atomic E-state index is 0.378. The summed E-state index contributed by atoms with van der Waals surface area (Å²) in [6, 6.07) is 19.7. The number of aliphatic carboxylic acids is 1. The maximum Gasteiger partial charge on any atom is 0.328 e. The van der Waals surface area contributed by atoms with Crippen LogP contribution < -0.4 is 4.74 Å². The van der Waals surface area contributed by atoms with Crippen LogP contribution in [0.5, 0.6) is 5.75 Å². The summed E-state index contributed by atoms with van der Waals surface area (Å²) in [7, 11) is 1.66. The predicted octanol–water partition coefficient (Wildman–Crippen LogP) is 6.88. The van der Waals surface area contributed by atoms with Gasteiger partial charge >= 0.3 is 5.97 Å². The summed E-state index contributed by atoms with van der Waals surface area (Å²) in [6.45, 7) is 2.09. The van der Waals surface area contributed by atoms with E-state index in [4.69, 9.17) is 9.84 Å². The van der Waals surface area contributed by atoms with Gasteiger partial charge in [0.15, 0.2) is 0 Å². The third-order valence-corrected chi connectivity index (χ3v) is 6.92. The lowest BCUT2D eigenvalue weighted by Gasteiger charge is -2.32. The average Bonchev–Trinajstić information content (AvgIpc) is 3.22. The van der Waals surface area contributed by atoms with Crippen LogP contribution in [-0.4, -0.2) is 28.4 Å². The zero-order chi connectivity index (χ0) is 25.2. The molecule has 1 saturated carbocycles. The second-order valence-corrected chi connectivity index (χ2v) is 9.16. The minimum atomic E-state index is -0.989. The number of methoxy groups -OCH3 is 1. The number of fused-ring (bicyclic) bond motifs is 1. The molecule has 1 aliphatic rings. The standard InChI is InChI=1S/C30H27FN2O3/c1-18-16-23(36-2)12-13-24(18)29(20-4-3-5-20)28(21-9-6-19(7-10-21)8-15-27(34)35)22-11-14-26-25(17-22)30(31)33-32-26/h6-17,20H,3-5H2,1-2H3,(H,32,33)(H,34,35). The number of hydrogen-bond donors (Lipinski definition) is 2. The van der Waals surface area contributed by atoms with Gasteiger partial charge in [0.25, 0.3) is 0 Å². The Morgan fingerprint density at radius 1 is 1.08 bits per heavy atom. The van der Waals surface area contributed by atoms with Crippen LogP contribution in [0.4, 0.5) is 4.39 Å². The number of carboxylic acid groups (broad SMARTS) is 1. The molecule has 36 heavy (non-hydrogen) atoms. The predicted molar refractivity (Wildman–Crippen MR) is 140 cm³/mol. The zero-order valence-corrected chi connectivity index (χ0v) is 20.2. The fourth-order valence-electron chi connectivity index (χ4n) is 4.86. The van der Waals surface area contributed by atoms with Gasteiger partial charge in [0.2, 0.25) is 5.95 Å². The number of halogens is 1. The molecule has 1 fully saturated rings. The third-order valence-electron chi connectivity index (χ3n) is 6.92. The Kier molecular flexibility index (Phi) is 6.42. The van der Waals surface area contributed by atoms with E-state index in [0.717, 1.165) is 58.1 Å². The summed E-state index contributed by atoms with van der Waals surface area (Å²) in [4.78, 5) is 10.9. The number of carbonyl (C=O) groups is 1. The summed E-state index contributed by atoms with van der Waals surface area (Å²) in [5.74, 6) is -0.255. The van der Waals surface area contributed by atoms with Crippen molar-refractivity contribution in [2.24, 2.45) is 5.92 Å². The fraction of sp³-hybridized carbons (Fsp3) is 0.200. The molecule has 0 amide bonds. The Labute approximate surface area is 208 Å².